The summed E-state index contributed by atoms with van der Waals surface area (Å²) >= 11 is 0. The molecule has 0 aromatic heterocycles. The second-order valence-electron chi connectivity index (χ2n) is 3.87. The summed E-state index contributed by atoms with van der Waals surface area (Å²) in [6, 6.07) is 9.49. The minimum absolute atomic E-state index is 0.207. The van der Waals surface area contributed by atoms with Crippen LogP contribution in [0.1, 0.15) is 24.5 Å². The van der Waals surface area contributed by atoms with Crippen molar-refractivity contribution in [3.8, 4) is 6.07 Å². The first-order valence-corrected chi connectivity index (χ1v) is 5.11. The van der Waals surface area contributed by atoms with E-state index in [-0.39, 0.29) is 5.92 Å². The molecule has 4 nitrogen and oxygen atoms in total. The van der Waals surface area contributed by atoms with Crippen molar-refractivity contribution in [2.45, 2.75) is 13.3 Å². The van der Waals surface area contributed by atoms with Gasteiger partial charge in [-0.1, -0.05) is 19.1 Å². The fourth-order valence-corrected chi connectivity index (χ4v) is 1.60. The predicted octanol–water partition coefficient (Wildman–Crippen LogP) is 1.66. The highest BCUT2D eigenvalue weighted by Crippen LogP contribution is 2.16. The molecule has 1 aliphatic rings. The van der Waals surface area contributed by atoms with E-state index in [1.807, 2.05) is 25.1 Å². The fourth-order valence-electron chi connectivity index (χ4n) is 1.60. The summed E-state index contributed by atoms with van der Waals surface area (Å²) < 4.78 is 0. The molecular formula is C12H12N4. The predicted molar refractivity (Wildman–Crippen MR) is 63.1 cm³/mol. The Kier molecular flexibility index (Phi) is 2.69. The zero-order chi connectivity index (χ0) is 11.5. The Labute approximate surface area is 94.1 Å². The highest BCUT2D eigenvalue weighted by atomic mass is 15.2. The average Bonchev–Trinajstić information content (AvgIpc) is 2.33. The van der Waals surface area contributed by atoms with Gasteiger partial charge in [0, 0.05) is 12.3 Å². The van der Waals surface area contributed by atoms with Gasteiger partial charge < -0.3 is 5.73 Å². The second kappa shape index (κ2) is 4.15. The van der Waals surface area contributed by atoms with Crippen molar-refractivity contribution in [1.29, 1.82) is 5.26 Å². The molecule has 0 bridgehead atoms. The fraction of sp³-hybridized carbons (Fsp3) is 0.250. The van der Waals surface area contributed by atoms with Gasteiger partial charge in [-0.2, -0.15) is 10.4 Å². The Morgan fingerprint density at radius 3 is 2.94 bits per heavy atom. The van der Waals surface area contributed by atoms with Crippen LogP contribution in [0.15, 0.2) is 34.5 Å². The molecule has 1 aliphatic heterocycles. The Bertz CT molecular complexity index is 508. The van der Waals surface area contributed by atoms with E-state index in [9.17, 15) is 0 Å². The summed E-state index contributed by atoms with van der Waals surface area (Å²) in [5.74, 6) is 0.776. The standard InChI is InChI=1S/C12H12N4/c1-8-5-11(15-16-12(8)14)10-4-2-3-9(6-10)7-13/h2-4,6,8H,5H2,1H3,(H2,14,16). The molecule has 2 rings (SSSR count). The summed E-state index contributed by atoms with van der Waals surface area (Å²) in [6.45, 7) is 2.02. The second-order valence-corrected chi connectivity index (χ2v) is 3.87. The summed E-state index contributed by atoms with van der Waals surface area (Å²) in [4.78, 5) is 0. The number of hydrogen-bond acceptors (Lipinski definition) is 4. The van der Waals surface area contributed by atoms with Crippen LogP contribution in [0.2, 0.25) is 0 Å². The molecule has 1 heterocycles. The first kappa shape index (κ1) is 10.4. The number of nitrogens with two attached hydrogens (primary N) is 1. The number of hydrogen-bond donors (Lipinski definition) is 1. The van der Waals surface area contributed by atoms with Crippen molar-refractivity contribution < 1.29 is 0 Å². The number of amidine groups is 1. The largest absolute Gasteiger partial charge is 0.385 e. The lowest BCUT2D eigenvalue weighted by atomic mass is 9.96. The molecule has 0 fully saturated rings. The first-order chi connectivity index (χ1) is 7.70. The van der Waals surface area contributed by atoms with Crippen LogP contribution in [0.4, 0.5) is 0 Å². The smallest absolute Gasteiger partial charge is 0.125 e. The normalized spacial score (nSPS) is 19.6. The van der Waals surface area contributed by atoms with Crippen molar-refractivity contribution in [2.24, 2.45) is 21.9 Å². The van der Waals surface area contributed by atoms with E-state index in [0.717, 1.165) is 17.7 Å². The van der Waals surface area contributed by atoms with Gasteiger partial charge in [0.15, 0.2) is 0 Å². The topological polar surface area (TPSA) is 74.5 Å². The molecule has 1 aromatic rings. The van der Waals surface area contributed by atoms with Crippen LogP contribution in [-0.2, 0) is 0 Å². The third-order valence-corrected chi connectivity index (χ3v) is 2.62. The summed E-state index contributed by atoms with van der Waals surface area (Å²) in [5.41, 5.74) is 8.13. The number of benzene rings is 1. The quantitative estimate of drug-likeness (QED) is 0.768. The molecule has 1 atom stereocenters. The summed E-state index contributed by atoms with van der Waals surface area (Å²) in [5, 5.41) is 16.8. The van der Waals surface area contributed by atoms with Crippen molar-refractivity contribution >= 4 is 11.5 Å². The Balaban J connectivity index is 2.36. The summed E-state index contributed by atoms with van der Waals surface area (Å²) in [7, 11) is 0. The molecule has 16 heavy (non-hydrogen) atoms. The van der Waals surface area contributed by atoms with E-state index in [1.165, 1.54) is 0 Å². The molecule has 0 aliphatic carbocycles. The molecule has 1 aromatic carbocycles. The number of nitriles is 1. The molecule has 1 unspecified atom stereocenters. The molecule has 2 N–H and O–H groups in total. The van der Waals surface area contributed by atoms with Gasteiger partial charge in [-0.3, -0.25) is 0 Å². The molecule has 0 spiro atoms. The lowest BCUT2D eigenvalue weighted by Gasteiger charge is -2.16. The highest BCUT2D eigenvalue weighted by molar-refractivity contribution is 6.04. The maximum atomic E-state index is 8.82. The summed E-state index contributed by atoms with van der Waals surface area (Å²) in [6.07, 6.45) is 0.768. The van der Waals surface area contributed by atoms with Crippen LogP contribution >= 0.6 is 0 Å². The van der Waals surface area contributed by atoms with Crippen molar-refractivity contribution in [2.75, 3.05) is 0 Å². The lowest BCUT2D eigenvalue weighted by molar-refractivity contribution is 0.779. The highest BCUT2D eigenvalue weighted by Gasteiger charge is 2.17. The molecule has 0 saturated carbocycles. The van der Waals surface area contributed by atoms with Gasteiger partial charge in [-0.25, -0.2) is 0 Å². The van der Waals surface area contributed by atoms with Gasteiger partial charge in [0.2, 0.25) is 0 Å². The van der Waals surface area contributed by atoms with E-state index in [1.54, 1.807) is 6.07 Å². The van der Waals surface area contributed by atoms with E-state index in [0.29, 0.717) is 11.4 Å². The van der Waals surface area contributed by atoms with Gasteiger partial charge >= 0.3 is 0 Å². The van der Waals surface area contributed by atoms with E-state index < -0.39 is 0 Å². The molecule has 0 amide bonds. The zero-order valence-electron chi connectivity index (χ0n) is 9.01. The van der Waals surface area contributed by atoms with Crippen LogP contribution in [0.5, 0.6) is 0 Å². The maximum Gasteiger partial charge on any atom is 0.125 e. The molecule has 80 valence electrons. The van der Waals surface area contributed by atoms with Crippen molar-refractivity contribution in [3.05, 3.63) is 35.4 Å². The van der Waals surface area contributed by atoms with Crippen LogP contribution in [0.25, 0.3) is 0 Å². The van der Waals surface area contributed by atoms with Gasteiger partial charge in [-0.05, 0) is 17.7 Å². The lowest BCUT2D eigenvalue weighted by Crippen LogP contribution is -2.26. The molecular weight excluding hydrogens is 200 g/mol. The molecule has 0 radical (unpaired) electrons. The van der Waals surface area contributed by atoms with Crippen molar-refractivity contribution in [3.63, 3.8) is 0 Å². The molecule has 0 saturated heterocycles. The molecule has 4 heteroatoms. The van der Waals surface area contributed by atoms with E-state index in [4.69, 9.17) is 11.0 Å². The number of rotatable bonds is 1. The van der Waals surface area contributed by atoms with Gasteiger partial charge in [0.05, 0.1) is 17.3 Å². The third-order valence-electron chi connectivity index (χ3n) is 2.62. The Morgan fingerprint density at radius 1 is 1.44 bits per heavy atom. The maximum absolute atomic E-state index is 8.82. The zero-order valence-corrected chi connectivity index (χ0v) is 9.01. The van der Waals surface area contributed by atoms with Crippen LogP contribution in [0.3, 0.4) is 0 Å². The Morgan fingerprint density at radius 2 is 2.25 bits per heavy atom. The van der Waals surface area contributed by atoms with Crippen molar-refractivity contribution in [1.82, 2.24) is 0 Å². The third kappa shape index (κ3) is 1.94. The SMILES string of the molecule is CC1CC(c2cccc(C#N)c2)=NN=C1N. The first-order valence-electron chi connectivity index (χ1n) is 5.11. The average molecular weight is 212 g/mol. The van der Waals surface area contributed by atoms with E-state index in [2.05, 4.69) is 16.3 Å². The van der Waals surface area contributed by atoms with Crippen LogP contribution in [0, 0.1) is 17.2 Å². The van der Waals surface area contributed by atoms with Gasteiger partial charge in [-0.15, -0.1) is 5.10 Å². The van der Waals surface area contributed by atoms with Gasteiger partial charge in [0.1, 0.15) is 5.84 Å². The minimum atomic E-state index is 0.207. The minimum Gasteiger partial charge on any atom is -0.385 e. The van der Waals surface area contributed by atoms with E-state index >= 15 is 0 Å². The van der Waals surface area contributed by atoms with Crippen LogP contribution in [-0.4, -0.2) is 11.5 Å². The van der Waals surface area contributed by atoms with Crippen LogP contribution < -0.4 is 5.73 Å². The number of nitrogens with zero attached hydrogens (tertiary/aromatic N) is 3. The van der Waals surface area contributed by atoms with Gasteiger partial charge in [0.25, 0.3) is 0 Å². The monoisotopic (exact) mass is 212 g/mol. The Hall–Kier alpha value is -2.15.